The van der Waals surface area contributed by atoms with E-state index in [1.807, 2.05) is 10.9 Å². The lowest BCUT2D eigenvalue weighted by Crippen LogP contribution is -2.53. The molecule has 0 saturated carbocycles. The van der Waals surface area contributed by atoms with Crippen molar-refractivity contribution in [2.24, 2.45) is 5.41 Å². The van der Waals surface area contributed by atoms with Gasteiger partial charge in [-0.15, -0.1) is 0 Å². The van der Waals surface area contributed by atoms with Crippen molar-refractivity contribution < 1.29 is 9.53 Å². The molecule has 0 aromatic carbocycles. The van der Waals surface area contributed by atoms with Crippen LogP contribution in [-0.2, 0) is 16.1 Å². The number of hydrogen-bond acceptors (Lipinski definition) is 4. The molecular weight excluding hydrogens is 352 g/mol. The van der Waals surface area contributed by atoms with Gasteiger partial charge in [-0.25, -0.2) is 0 Å². The lowest BCUT2D eigenvalue weighted by molar-refractivity contribution is -0.141. The van der Waals surface area contributed by atoms with Gasteiger partial charge in [-0.05, 0) is 50.6 Å². The van der Waals surface area contributed by atoms with Gasteiger partial charge < -0.3 is 14.5 Å². The number of aromatic nitrogens is 2. The van der Waals surface area contributed by atoms with Gasteiger partial charge in [0.15, 0.2) is 0 Å². The summed E-state index contributed by atoms with van der Waals surface area (Å²) in [6.45, 7) is 6.68. The second-order valence-corrected chi connectivity index (χ2v) is 8.61. The third kappa shape index (κ3) is 4.24. The fraction of sp³-hybridized carbons (Fsp3) is 0.789. The standard InChI is InChI=1S/C19H29ClN4O2/c20-16-12-21-24(13-16)10-9-22-7-5-19(6-8-22)4-3-18(25)23(15-19)14-17-2-1-11-26-17/h12-13,17H,1-11,14-15H2/t17-/m1/s1. The zero-order valence-corrected chi connectivity index (χ0v) is 16.2. The first-order chi connectivity index (χ1) is 12.6. The Morgan fingerprint density at radius 1 is 1.27 bits per heavy atom. The van der Waals surface area contributed by atoms with Gasteiger partial charge in [0.1, 0.15) is 0 Å². The zero-order chi connectivity index (χ0) is 18.0. The smallest absolute Gasteiger partial charge is 0.222 e. The summed E-state index contributed by atoms with van der Waals surface area (Å²) in [5.74, 6) is 0.323. The Balaban J connectivity index is 1.27. The van der Waals surface area contributed by atoms with Crippen molar-refractivity contribution in [3.63, 3.8) is 0 Å². The molecule has 3 fully saturated rings. The van der Waals surface area contributed by atoms with Gasteiger partial charge >= 0.3 is 0 Å². The van der Waals surface area contributed by atoms with Crippen LogP contribution in [0.25, 0.3) is 0 Å². The van der Waals surface area contributed by atoms with Gasteiger partial charge in [0.05, 0.1) is 23.9 Å². The highest BCUT2D eigenvalue weighted by molar-refractivity contribution is 6.30. The van der Waals surface area contributed by atoms with Gasteiger partial charge in [-0.1, -0.05) is 11.6 Å². The summed E-state index contributed by atoms with van der Waals surface area (Å²) in [4.78, 5) is 17.0. The highest BCUT2D eigenvalue weighted by Crippen LogP contribution is 2.40. The minimum atomic E-state index is 0.259. The largest absolute Gasteiger partial charge is 0.376 e. The van der Waals surface area contributed by atoms with Crippen LogP contribution in [0.1, 0.15) is 38.5 Å². The van der Waals surface area contributed by atoms with Crippen molar-refractivity contribution in [1.82, 2.24) is 19.6 Å². The number of rotatable bonds is 5. The van der Waals surface area contributed by atoms with E-state index in [-0.39, 0.29) is 6.10 Å². The van der Waals surface area contributed by atoms with E-state index in [1.165, 1.54) is 12.8 Å². The lowest BCUT2D eigenvalue weighted by Gasteiger charge is -2.47. The average molecular weight is 381 g/mol. The molecule has 3 aliphatic heterocycles. The van der Waals surface area contributed by atoms with Crippen molar-refractivity contribution in [1.29, 1.82) is 0 Å². The van der Waals surface area contributed by atoms with E-state index in [9.17, 15) is 4.79 Å². The van der Waals surface area contributed by atoms with Crippen molar-refractivity contribution >= 4 is 17.5 Å². The van der Waals surface area contributed by atoms with Crippen LogP contribution in [0.3, 0.4) is 0 Å². The molecule has 0 bridgehead atoms. The first-order valence-electron chi connectivity index (χ1n) is 9.92. The Morgan fingerprint density at radius 2 is 2.12 bits per heavy atom. The summed E-state index contributed by atoms with van der Waals surface area (Å²) in [6.07, 6.45) is 10.2. The van der Waals surface area contributed by atoms with E-state index in [2.05, 4.69) is 14.9 Å². The third-order valence-corrected chi connectivity index (χ3v) is 6.56. The molecule has 4 heterocycles. The normalized spacial score (nSPS) is 26.7. The second kappa shape index (κ2) is 7.87. The summed E-state index contributed by atoms with van der Waals surface area (Å²) >= 11 is 5.93. The Hall–Kier alpha value is -1.11. The molecule has 6 nitrogen and oxygen atoms in total. The summed E-state index contributed by atoms with van der Waals surface area (Å²) in [6, 6.07) is 0. The molecule has 1 aromatic heterocycles. The maximum Gasteiger partial charge on any atom is 0.222 e. The molecule has 1 aromatic rings. The van der Waals surface area contributed by atoms with E-state index in [1.54, 1.807) is 6.20 Å². The summed E-state index contributed by atoms with van der Waals surface area (Å²) in [5.41, 5.74) is 0.317. The SMILES string of the molecule is O=C1CCC2(CCN(CCn3cc(Cl)cn3)CC2)CN1C[C@H]1CCCO1. The van der Waals surface area contributed by atoms with Gasteiger partial charge in [-0.3, -0.25) is 9.48 Å². The number of ether oxygens (including phenoxy) is 1. The number of hydrogen-bond donors (Lipinski definition) is 0. The molecule has 0 unspecified atom stereocenters. The molecule has 3 saturated heterocycles. The first kappa shape index (κ1) is 18.3. The molecule has 26 heavy (non-hydrogen) atoms. The predicted molar refractivity (Wildman–Crippen MR) is 100 cm³/mol. The average Bonchev–Trinajstić information content (AvgIpc) is 3.30. The fourth-order valence-electron chi connectivity index (χ4n) is 4.67. The Labute approximate surface area is 160 Å². The molecule has 0 radical (unpaired) electrons. The zero-order valence-electron chi connectivity index (χ0n) is 15.4. The van der Waals surface area contributed by atoms with Crippen LogP contribution in [0.2, 0.25) is 5.02 Å². The molecule has 144 valence electrons. The van der Waals surface area contributed by atoms with Crippen LogP contribution >= 0.6 is 11.6 Å². The number of amides is 1. The number of halogens is 1. The molecule has 0 N–H and O–H groups in total. The highest BCUT2D eigenvalue weighted by Gasteiger charge is 2.41. The monoisotopic (exact) mass is 380 g/mol. The maximum absolute atomic E-state index is 12.4. The molecule has 7 heteroatoms. The van der Waals surface area contributed by atoms with Crippen LogP contribution < -0.4 is 0 Å². The maximum atomic E-state index is 12.4. The number of carbonyl (C=O) groups is 1. The highest BCUT2D eigenvalue weighted by atomic mass is 35.5. The summed E-state index contributed by atoms with van der Waals surface area (Å²) in [5, 5.41) is 4.95. The van der Waals surface area contributed by atoms with Crippen LogP contribution in [-0.4, -0.2) is 70.9 Å². The van der Waals surface area contributed by atoms with Crippen molar-refractivity contribution in [2.45, 2.75) is 51.2 Å². The van der Waals surface area contributed by atoms with Crippen LogP contribution in [0, 0.1) is 5.41 Å². The first-order valence-corrected chi connectivity index (χ1v) is 10.3. The van der Waals surface area contributed by atoms with Gasteiger partial charge in [0.2, 0.25) is 5.91 Å². The fourth-order valence-corrected chi connectivity index (χ4v) is 4.82. The summed E-state index contributed by atoms with van der Waals surface area (Å²) < 4.78 is 7.66. The van der Waals surface area contributed by atoms with Crippen molar-refractivity contribution in [3.05, 3.63) is 17.4 Å². The van der Waals surface area contributed by atoms with E-state index >= 15 is 0 Å². The number of carbonyl (C=O) groups excluding carboxylic acids is 1. The van der Waals surface area contributed by atoms with Gasteiger partial charge in [0, 0.05) is 38.9 Å². The Kier molecular flexibility index (Phi) is 5.53. The van der Waals surface area contributed by atoms with E-state index in [4.69, 9.17) is 16.3 Å². The lowest BCUT2D eigenvalue weighted by atomic mass is 9.72. The quantitative estimate of drug-likeness (QED) is 0.787. The molecule has 1 atom stereocenters. The molecule has 1 spiro atoms. The molecule has 4 rings (SSSR count). The van der Waals surface area contributed by atoms with Crippen LogP contribution in [0.5, 0.6) is 0 Å². The van der Waals surface area contributed by atoms with Gasteiger partial charge in [-0.2, -0.15) is 5.10 Å². The van der Waals surface area contributed by atoms with E-state index < -0.39 is 0 Å². The topological polar surface area (TPSA) is 50.6 Å². The molecule has 3 aliphatic rings. The van der Waals surface area contributed by atoms with Gasteiger partial charge in [0.25, 0.3) is 0 Å². The number of piperidine rings is 2. The second-order valence-electron chi connectivity index (χ2n) is 8.17. The minimum absolute atomic E-state index is 0.259. The molecular formula is C19H29ClN4O2. The molecule has 0 aliphatic carbocycles. The van der Waals surface area contributed by atoms with Crippen LogP contribution in [0.15, 0.2) is 12.4 Å². The van der Waals surface area contributed by atoms with Crippen molar-refractivity contribution in [3.8, 4) is 0 Å². The van der Waals surface area contributed by atoms with Crippen LogP contribution in [0.4, 0.5) is 0 Å². The Bertz CT molecular complexity index is 621. The predicted octanol–water partition coefficient (Wildman–Crippen LogP) is 2.42. The Morgan fingerprint density at radius 3 is 2.81 bits per heavy atom. The number of nitrogens with zero attached hydrogens (tertiary/aromatic N) is 4. The number of likely N-dealkylation sites (tertiary alicyclic amines) is 2. The third-order valence-electron chi connectivity index (χ3n) is 6.36. The van der Waals surface area contributed by atoms with Crippen molar-refractivity contribution in [2.75, 3.05) is 39.3 Å². The summed E-state index contributed by atoms with van der Waals surface area (Å²) in [7, 11) is 0. The minimum Gasteiger partial charge on any atom is -0.376 e. The molecule has 1 amide bonds. The van der Waals surface area contributed by atoms with E-state index in [0.29, 0.717) is 22.8 Å². The van der Waals surface area contributed by atoms with E-state index in [0.717, 1.165) is 65.1 Å².